The fourth-order valence-corrected chi connectivity index (χ4v) is 9.02. The van der Waals surface area contributed by atoms with E-state index < -0.39 is 47.7 Å². The summed E-state index contributed by atoms with van der Waals surface area (Å²) < 4.78 is 81.7. The number of aliphatic carboxylic acids is 1. The largest absolute Gasteiger partial charge is 0.481 e. The molecule has 7 atom stereocenters. The lowest BCUT2D eigenvalue weighted by molar-refractivity contribution is -0.284. The molecular formula is C31H41F5O6S. The summed E-state index contributed by atoms with van der Waals surface area (Å²) in [4.78, 5) is 23.0. The zero-order valence-corrected chi connectivity index (χ0v) is 25.2. The first-order valence-electron chi connectivity index (χ1n) is 15.2. The molecule has 2 fully saturated rings. The first-order valence-corrected chi connectivity index (χ1v) is 16.6. The molecule has 3 aliphatic rings. The molecule has 2 N–H and O–H groups in total. The summed E-state index contributed by atoms with van der Waals surface area (Å²) in [6, 6.07) is 5.64. The Bertz CT molecular complexity index is 1190. The zero-order valence-electron chi connectivity index (χ0n) is 24.3. The van der Waals surface area contributed by atoms with E-state index >= 15 is 0 Å². The predicted molar refractivity (Wildman–Crippen MR) is 150 cm³/mol. The maximum atomic E-state index is 13.2. The van der Waals surface area contributed by atoms with E-state index in [1.165, 1.54) is 5.56 Å². The molecule has 12 heteroatoms. The number of ether oxygens (including phenoxy) is 1. The summed E-state index contributed by atoms with van der Waals surface area (Å²) in [6.45, 7) is 2.16. The van der Waals surface area contributed by atoms with Crippen LogP contribution in [0.15, 0.2) is 18.2 Å². The van der Waals surface area contributed by atoms with Crippen LogP contribution in [0.5, 0.6) is 5.75 Å². The lowest BCUT2D eigenvalue weighted by atomic mass is 9.52. The molecule has 0 amide bonds. The third kappa shape index (κ3) is 7.78. The SMILES string of the molecule is C[C@]12CC[C@@H]3c4ccc(OC(=O)CCCC(=O)O)cc4C[C@@H](CCCS(=O)CCCC(F)(F)C(F)(F)F)[C@H]3[C@@H]1CC[C@@H]2O. The van der Waals surface area contributed by atoms with E-state index in [-0.39, 0.29) is 60.0 Å². The smallest absolute Gasteiger partial charge is 0.453 e. The molecule has 43 heavy (non-hydrogen) atoms. The summed E-state index contributed by atoms with van der Waals surface area (Å²) >= 11 is 0. The van der Waals surface area contributed by atoms with Gasteiger partial charge < -0.3 is 14.9 Å². The van der Waals surface area contributed by atoms with Gasteiger partial charge in [-0.2, -0.15) is 22.0 Å². The Balaban J connectivity index is 1.43. The fourth-order valence-electron chi connectivity index (χ4n) is 7.86. The molecular weight excluding hydrogens is 595 g/mol. The highest BCUT2D eigenvalue weighted by molar-refractivity contribution is 7.84. The van der Waals surface area contributed by atoms with Crippen LogP contribution in [0.1, 0.15) is 94.6 Å². The second kappa shape index (κ2) is 13.5. The second-order valence-corrected chi connectivity index (χ2v) is 14.5. The Hall–Kier alpha value is -2.08. The summed E-state index contributed by atoms with van der Waals surface area (Å²) in [5.74, 6) is -4.85. The molecule has 1 aromatic carbocycles. The Morgan fingerprint density at radius 2 is 1.77 bits per heavy atom. The fraction of sp³-hybridized carbons (Fsp3) is 0.742. The molecule has 1 aromatic rings. The number of esters is 1. The third-order valence-electron chi connectivity index (χ3n) is 10.1. The van der Waals surface area contributed by atoms with Crippen LogP contribution < -0.4 is 4.74 Å². The summed E-state index contributed by atoms with van der Waals surface area (Å²) in [5, 5.41) is 19.7. The molecule has 0 spiro atoms. The maximum absolute atomic E-state index is 13.2. The van der Waals surface area contributed by atoms with Gasteiger partial charge >= 0.3 is 24.0 Å². The van der Waals surface area contributed by atoms with Gasteiger partial charge in [-0.1, -0.05) is 13.0 Å². The molecule has 0 aliphatic heterocycles. The minimum absolute atomic E-state index is 0.00964. The number of hydrogen-bond acceptors (Lipinski definition) is 5. The standard InChI is InChI=1S/C31H41F5O6S/c1-29-14-12-23-22-9-8-21(42-27(40)7-2-6-26(38)39)18-20(22)17-19(28(23)24(29)10-11-25(29)37)5-3-15-43(41)16-4-13-30(32,33)31(34,35)36/h8-9,18-19,23-25,28,37H,2-7,10-17H2,1H3,(H,38,39)/t19-,23-,24+,25+,28-,29+,43?/m1/s1. The van der Waals surface area contributed by atoms with Gasteiger partial charge in [0.2, 0.25) is 0 Å². The van der Waals surface area contributed by atoms with Crippen LogP contribution in [0, 0.1) is 23.2 Å². The van der Waals surface area contributed by atoms with Crippen molar-refractivity contribution in [3.63, 3.8) is 0 Å². The highest BCUT2D eigenvalue weighted by Gasteiger charge is 2.57. The Morgan fingerprint density at radius 3 is 2.47 bits per heavy atom. The topological polar surface area (TPSA) is 101 Å². The van der Waals surface area contributed by atoms with Crippen LogP contribution >= 0.6 is 0 Å². The number of halogens is 5. The van der Waals surface area contributed by atoms with Crippen molar-refractivity contribution in [2.24, 2.45) is 23.2 Å². The monoisotopic (exact) mass is 636 g/mol. The van der Waals surface area contributed by atoms with Crippen molar-refractivity contribution in [2.45, 2.75) is 108 Å². The number of hydrogen-bond donors (Lipinski definition) is 2. The number of carbonyl (C=O) groups is 2. The van der Waals surface area contributed by atoms with E-state index in [4.69, 9.17) is 9.84 Å². The highest BCUT2D eigenvalue weighted by Crippen LogP contribution is 2.62. The Kier molecular flexibility index (Phi) is 10.6. The van der Waals surface area contributed by atoms with Crippen molar-refractivity contribution >= 4 is 22.7 Å². The van der Waals surface area contributed by atoms with Gasteiger partial charge in [-0.25, -0.2) is 0 Å². The number of alkyl halides is 5. The second-order valence-electron chi connectivity index (χ2n) is 12.8. The average Bonchev–Trinajstić information content (AvgIpc) is 3.21. The van der Waals surface area contributed by atoms with Crippen molar-refractivity contribution in [2.75, 3.05) is 11.5 Å². The van der Waals surface area contributed by atoms with Crippen molar-refractivity contribution in [3.8, 4) is 5.75 Å². The van der Waals surface area contributed by atoms with E-state index in [0.717, 1.165) is 31.2 Å². The Labute approximate surface area is 251 Å². The number of carboxylic acids is 1. The van der Waals surface area contributed by atoms with Crippen molar-refractivity contribution < 1.29 is 50.7 Å². The van der Waals surface area contributed by atoms with Gasteiger partial charge in [0.1, 0.15) is 5.75 Å². The number of aliphatic hydroxyl groups excluding tert-OH is 1. The van der Waals surface area contributed by atoms with Gasteiger partial charge in [0, 0.05) is 41.6 Å². The van der Waals surface area contributed by atoms with Crippen molar-refractivity contribution in [1.29, 1.82) is 0 Å². The Morgan fingerprint density at radius 1 is 1.05 bits per heavy atom. The molecule has 6 nitrogen and oxygen atoms in total. The molecule has 4 rings (SSSR count). The van der Waals surface area contributed by atoms with E-state index in [1.807, 2.05) is 12.1 Å². The lowest BCUT2D eigenvalue weighted by Crippen LogP contribution is -2.47. The molecule has 0 radical (unpaired) electrons. The molecule has 2 saturated carbocycles. The van der Waals surface area contributed by atoms with E-state index in [0.29, 0.717) is 30.9 Å². The molecule has 0 heterocycles. The van der Waals surface area contributed by atoms with Gasteiger partial charge in [-0.05, 0) is 110 Å². The number of fused-ring (bicyclic) bond motifs is 5. The predicted octanol–water partition coefficient (Wildman–Crippen LogP) is 6.80. The number of carboxylic acid groups (broad SMARTS) is 1. The normalized spacial score (nSPS) is 29.3. The minimum atomic E-state index is -5.61. The summed E-state index contributed by atoms with van der Waals surface area (Å²) in [5.41, 5.74) is 2.07. The van der Waals surface area contributed by atoms with Crippen LogP contribution in [-0.4, -0.2) is 56.1 Å². The zero-order chi connectivity index (χ0) is 31.6. The molecule has 0 bridgehead atoms. The van der Waals surface area contributed by atoms with Gasteiger partial charge in [0.25, 0.3) is 0 Å². The van der Waals surface area contributed by atoms with Crippen molar-refractivity contribution in [1.82, 2.24) is 0 Å². The summed E-state index contributed by atoms with van der Waals surface area (Å²) in [6.07, 6.45) is -2.41. The number of carbonyl (C=O) groups excluding carboxylic acids is 1. The molecule has 0 aromatic heterocycles. The number of aliphatic hydroxyl groups is 1. The first-order chi connectivity index (χ1) is 20.1. The lowest BCUT2D eigenvalue weighted by Gasteiger charge is -2.53. The average molecular weight is 637 g/mol. The van der Waals surface area contributed by atoms with E-state index in [2.05, 4.69) is 6.92 Å². The number of rotatable bonds is 13. The maximum Gasteiger partial charge on any atom is 0.453 e. The molecule has 242 valence electrons. The van der Waals surface area contributed by atoms with Gasteiger partial charge in [0.05, 0.1) is 6.10 Å². The third-order valence-corrected chi connectivity index (χ3v) is 11.5. The molecule has 3 aliphatic carbocycles. The first kappa shape index (κ1) is 33.8. The van der Waals surface area contributed by atoms with Gasteiger partial charge in [-0.15, -0.1) is 0 Å². The highest BCUT2D eigenvalue weighted by atomic mass is 32.2. The van der Waals surface area contributed by atoms with Crippen LogP contribution in [0.2, 0.25) is 0 Å². The molecule has 1 unspecified atom stereocenters. The number of benzene rings is 1. The van der Waals surface area contributed by atoms with Gasteiger partial charge in [-0.3, -0.25) is 13.8 Å². The minimum Gasteiger partial charge on any atom is -0.481 e. The van der Waals surface area contributed by atoms with Crippen LogP contribution in [-0.2, 0) is 26.8 Å². The van der Waals surface area contributed by atoms with Crippen LogP contribution in [0.4, 0.5) is 22.0 Å². The quantitative estimate of drug-likeness (QED) is 0.140. The van der Waals surface area contributed by atoms with Gasteiger partial charge in [0.15, 0.2) is 0 Å². The van der Waals surface area contributed by atoms with E-state index in [1.54, 1.807) is 6.07 Å². The van der Waals surface area contributed by atoms with E-state index in [9.17, 15) is 40.9 Å². The van der Waals surface area contributed by atoms with Crippen LogP contribution in [0.3, 0.4) is 0 Å². The molecule has 0 saturated heterocycles. The van der Waals surface area contributed by atoms with Crippen LogP contribution in [0.25, 0.3) is 0 Å². The van der Waals surface area contributed by atoms with Crippen molar-refractivity contribution in [3.05, 3.63) is 29.3 Å². The summed E-state index contributed by atoms with van der Waals surface area (Å²) in [7, 11) is -1.51.